The molecule has 0 bridgehead atoms. The molecule has 2 aromatic heterocycles. The van der Waals surface area contributed by atoms with Crippen LogP contribution < -0.4 is 5.32 Å². The third kappa shape index (κ3) is 2.92. The van der Waals surface area contributed by atoms with Gasteiger partial charge in [0.05, 0.1) is 5.39 Å². The highest BCUT2D eigenvalue weighted by Gasteiger charge is 2.21. The maximum atomic E-state index is 11.6. The maximum Gasteiger partial charge on any atom is 0.222 e. The molecule has 6 heteroatoms. The number of carbonyl (C=O) groups is 1. The van der Waals surface area contributed by atoms with Crippen LogP contribution in [0.3, 0.4) is 0 Å². The minimum absolute atomic E-state index is 0.307. The van der Waals surface area contributed by atoms with Crippen molar-refractivity contribution in [2.75, 3.05) is 25.0 Å². The number of amides is 1. The van der Waals surface area contributed by atoms with E-state index in [1.807, 2.05) is 16.2 Å². The average molecular weight is 330 g/mol. The van der Waals surface area contributed by atoms with Crippen molar-refractivity contribution in [2.45, 2.75) is 44.9 Å². The second-order valence-electron chi connectivity index (χ2n) is 6.38. The lowest BCUT2D eigenvalue weighted by Gasteiger charge is -2.16. The van der Waals surface area contributed by atoms with Crippen LogP contribution >= 0.6 is 11.3 Å². The molecule has 4 rings (SSSR count). The summed E-state index contributed by atoms with van der Waals surface area (Å²) in [6.45, 7) is 2.62. The molecule has 2 aliphatic rings. The Hall–Kier alpha value is -1.69. The van der Waals surface area contributed by atoms with E-state index in [2.05, 4.69) is 15.3 Å². The maximum absolute atomic E-state index is 11.6. The second kappa shape index (κ2) is 6.43. The smallest absolute Gasteiger partial charge is 0.222 e. The first kappa shape index (κ1) is 14.9. The molecule has 2 aromatic rings. The van der Waals surface area contributed by atoms with Gasteiger partial charge in [0.2, 0.25) is 5.91 Å². The number of hydrogen-bond acceptors (Lipinski definition) is 5. The number of likely N-dealkylation sites (tertiary alicyclic amines) is 1. The van der Waals surface area contributed by atoms with E-state index in [0.29, 0.717) is 5.91 Å². The molecule has 1 aliphatic heterocycles. The molecule has 1 fully saturated rings. The number of nitrogens with one attached hydrogen (secondary N) is 1. The van der Waals surface area contributed by atoms with E-state index in [1.165, 1.54) is 35.1 Å². The molecule has 0 radical (unpaired) electrons. The van der Waals surface area contributed by atoms with Crippen molar-refractivity contribution < 1.29 is 4.79 Å². The van der Waals surface area contributed by atoms with E-state index in [9.17, 15) is 4.79 Å². The van der Waals surface area contributed by atoms with Crippen LogP contribution in [0.4, 0.5) is 5.82 Å². The van der Waals surface area contributed by atoms with Gasteiger partial charge in [-0.3, -0.25) is 4.79 Å². The number of fused-ring (bicyclic) bond motifs is 3. The summed E-state index contributed by atoms with van der Waals surface area (Å²) in [5.41, 5.74) is 1.47. The average Bonchev–Trinajstić information content (AvgIpc) is 3.15. The molecule has 23 heavy (non-hydrogen) atoms. The van der Waals surface area contributed by atoms with Gasteiger partial charge in [-0.25, -0.2) is 9.97 Å². The SMILES string of the molecule is O=C1CCCN1CCCNc1ncnc2sc3c(c12)CCCC3. The van der Waals surface area contributed by atoms with Crippen LogP contribution in [-0.4, -0.2) is 40.4 Å². The summed E-state index contributed by atoms with van der Waals surface area (Å²) in [5.74, 6) is 1.28. The number of carbonyl (C=O) groups excluding carboxylic acids is 1. The molecule has 5 nitrogen and oxygen atoms in total. The first-order valence-corrected chi connectivity index (χ1v) is 9.41. The number of rotatable bonds is 5. The quantitative estimate of drug-likeness (QED) is 0.856. The van der Waals surface area contributed by atoms with Crippen molar-refractivity contribution in [3.63, 3.8) is 0 Å². The van der Waals surface area contributed by atoms with Crippen molar-refractivity contribution in [3.05, 3.63) is 16.8 Å². The predicted octanol–water partition coefficient (Wildman–Crippen LogP) is 2.99. The molecular formula is C17H22N4OS. The highest BCUT2D eigenvalue weighted by molar-refractivity contribution is 7.19. The van der Waals surface area contributed by atoms with E-state index in [-0.39, 0.29) is 0 Å². The fourth-order valence-electron chi connectivity index (χ4n) is 3.64. The Kier molecular flexibility index (Phi) is 4.16. The Bertz CT molecular complexity index is 727. The van der Waals surface area contributed by atoms with Crippen LogP contribution in [0, 0.1) is 0 Å². The van der Waals surface area contributed by atoms with Crippen LogP contribution in [0.5, 0.6) is 0 Å². The highest BCUT2D eigenvalue weighted by Crippen LogP contribution is 2.38. The Morgan fingerprint density at radius 2 is 2.09 bits per heavy atom. The summed E-state index contributed by atoms with van der Waals surface area (Å²) >= 11 is 1.83. The number of aromatic nitrogens is 2. The zero-order valence-electron chi connectivity index (χ0n) is 13.3. The van der Waals surface area contributed by atoms with E-state index in [0.717, 1.165) is 56.0 Å². The van der Waals surface area contributed by atoms with Gasteiger partial charge >= 0.3 is 0 Å². The molecule has 0 saturated carbocycles. The molecule has 1 saturated heterocycles. The molecule has 3 heterocycles. The van der Waals surface area contributed by atoms with Crippen LogP contribution in [0.25, 0.3) is 10.2 Å². The van der Waals surface area contributed by atoms with Gasteiger partial charge in [-0.1, -0.05) is 0 Å². The van der Waals surface area contributed by atoms with E-state index in [1.54, 1.807) is 6.33 Å². The Balaban J connectivity index is 1.44. The third-order valence-electron chi connectivity index (χ3n) is 4.82. The lowest BCUT2D eigenvalue weighted by atomic mass is 9.97. The second-order valence-corrected chi connectivity index (χ2v) is 7.46. The summed E-state index contributed by atoms with van der Waals surface area (Å²) < 4.78 is 0. The van der Waals surface area contributed by atoms with Crippen LogP contribution in [0.2, 0.25) is 0 Å². The molecule has 1 amide bonds. The lowest BCUT2D eigenvalue weighted by Crippen LogP contribution is -2.27. The standard InChI is InChI=1S/C17H22N4OS/c22-14-7-3-9-21(14)10-4-8-18-16-15-12-5-1-2-6-13(12)23-17(15)20-11-19-16/h11H,1-10H2,(H,18,19,20). The van der Waals surface area contributed by atoms with Crippen molar-refractivity contribution in [3.8, 4) is 0 Å². The minimum atomic E-state index is 0.307. The molecule has 122 valence electrons. The number of hydrogen-bond donors (Lipinski definition) is 1. The molecule has 0 unspecified atom stereocenters. The van der Waals surface area contributed by atoms with Crippen LogP contribution in [-0.2, 0) is 17.6 Å². The number of anilines is 1. The number of thiophene rings is 1. The summed E-state index contributed by atoms with van der Waals surface area (Å²) in [4.78, 5) is 25.2. The fourth-order valence-corrected chi connectivity index (χ4v) is 4.87. The van der Waals surface area contributed by atoms with Crippen molar-refractivity contribution in [1.29, 1.82) is 0 Å². The van der Waals surface area contributed by atoms with Gasteiger partial charge < -0.3 is 10.2 Å². The summed E-state index contributed by atoms with van der Waals surface area (Å²) in [7, 11) is 0. The first-order chi connectivity index (χ1) is 11.3. The van der Waals surface area contributed by atoms with Gasteiger partial charge in [-0.2, -0.15) is 0 Å². The zero-order valence-corrected chi connectivity index (χ0v) is 14.1. The van der Waals surface area contributed by atoms with Gasteiger partial charge in [-0.15, -0.1) is 11.3 Å². The van der Waals surface area contributed by atoms with Crippen molar-refractivity contribution in [2.24, 2.45) is 0 Å². The van der Waals surface area contributed by atoms with Crippen molar-refractivity contribution in [1.82, 2.24) is 14.9 Å². The normalized spacial score (nSPS) is 17.7. The lowest BCUT2D eigenvalue weighted by molar-refractivity contribution is -0.127. The molecule has 1 N–H and O–H groups in total. The van der Waals surface area contributed by atoms with Gasteiger partial charge in [0, 0.05) is 30.9 Å². The first-order valence-electron chi connectivity index (χ1n) is 8.60. The largest absolute Gasteiger partial charge is 0.369 e. The van der Waals surface area contributed by atoms with Gasteiger partial charge in [0.15, 0.2) is 0 Å². The van der Waals surface area contributed by atoms with Crippen LogP contribution in [0.1, 0.15) is 42.5 Å². The summed E-state index contributed by atoms with van der Waals surface area (Å²) in [6, 6.07) is 0. The van der Waals surface area contributed by atoms with E-state index in [4.69, 9.17) is 0 Å². The summed E-state index contributed by atoms with van der Waals surface area (Å²) in [5, 5.41) is 4.72. The Labute approximate surface area is 140 Å². The van der Waals surface area contributed by atoms with E-state index < -0.39 is 0 Å². The predicted molar refractivity (Wildman–Crippen MR) is 93.0 cm³/mol. The number of aryl methyl sites for hydroxylation is 2. The molecule has 0 aromatic carbocycles. The van der Waals surface area contributed by atoms with Gasteiger partial charge in [0.1, 0.15) is 17.0 Å². The highest BCUT2D eigenvalue weighted by atomic mass is 32.1. The Morgan fingerprint density at radius 3 is 2.96 bits per heavy atom. The molecule has 0 spiro atoms. The number of nitrogens with zero attached hydrogens (tertiary/aromatic N) is 3. The minimum Gasteiger partial charge on any atom is -0.369 e. The molecule has 0 atom stereocenters. The third-order valence-corrected chi connectivity index (χ3v) is 6.02. The molecule has 1 aliphatic carbocycles. The van der Waals surface area contributed by atoms with Crippen molar-refractivity contribution >= 4 is 33.3 Å². The zero-order chi connectivity index (χ0) is 15.6. The molecular weight excluding hydrogens is 308 g/mol. The van der Waals surface area contributed by atoms with Gasteiger partial charge in [-0.05, 0) is 44.1 Å². The topological polar surface area (TPSA) is 58.1 Å². The fraction of sp³-hybridized carbons (Fsp3) is 0.588. The Morgan fingerprint density at radius 1 is 1.17 bits per heavy atom. The summed E-state index contributed by atoms with van der Waals surface area (Å²) in [6.07, 6.45) is 9.26. The van der Waals surface area contributed by atoms with Gasteiger partial charge in [0.25, 0.3) is 0 Å². The van der Waals surface area contributed by atoms with E-state index >= 15 is 0 Å². The monoisotopic (exact) mass is 330 g/mol. The van der Waals surface area contributed by atoms with Crippen LogP contribution in [0.15, 0.2) is 6.33 Å².